The van der Waals surface area contributed by atoms with E-state index in [0.29, 0.717) is 11.6 Å². The van der Waals surface area contributed by atoms with Crippen LogP contribution < -0.4 is 5.32 Å². The number of hydrogen-bond acceptors (Lipinski definition) is 4. The zero-order chi connectivity index (χ0) is 11.4. The highest BCUT2D eigenvalue weighted by atomic mass is 32.1. The molecule has 0 aromatic carbocycles. The summed E-state index contributed by atoms with van der Waals surface area (Å²) in [5.41, 5.74) is 0.897. The number of aryl methyl sites for hydroxylation is 1. The fourth-order valence-corrected chi connectivity index (χ4v) is 2.71. The highest BCUT2D eigenvalue weighted by Gasteiger charge is 2.08. The fourth-order valence-electron chi connectivity index (χ4n) is 1.29. The van der Waals surface area contributed by atoms with Gasteiger partial charge in [0.15, 0.2) is 5.01 Å². The monoisotopic (exact) mass is 252 g/mol. The van der Waals surface area contributed by atoms with Gasteiger partial charge in [0, 0.05) is 22.5 Å². The number of carbonyl (C=O) groups is 1. The lowest BCUT2D eigenvalue weighted by Crippen LogP contribution is -2.25. The summed E-state index contributed by atoms with van der Waals surface area (Å²) in [6.45, 7) is 2.55. The number of nitrogens with one attached hydrogen (secondary N) is 1. The van der Waals surface area contributed by atoms with Crippen molar-refractivity contribution >= 4 is 28.6 Å². The molecule has 0 unspecified atom stereocenters. The molecule has 2 aromatic rings. The molecule has 0 fully saturated rings. The number of thiophene rings is 1. The van der Waals surface area contributed by atoms with Crippen molar-refractivity contribution in [2.75, 3.05) is 6.54 Å². The summed E-state index contributed by atoms with van der Waals surface area (Å²) in [6.07, 6.45) is 0.883. The van der Waals surface area contributed by atoms with E-state index < -0.39 is 0 Å². The van der Waals surface area contributed by atoms with E-state index in [1.807, 2.05) is 23.8 Å². The van der Waals surface area contributed by atoms with Crippen LogP contribution >= 0.6 is 22.7 Å². The van der Waals surface area contributed by atoms with E-state index in [2.05, 4.69) is 16.4 Å². The summed E-state index contributed by atoms with van der Waals surface area (Å²) in [5, 5.41) is 7.34. The Morgan fingerprint density at radius 2 is 2.38 bits per heavy atom. The molecule has 0 saturated heterocycles. The lowest BCUT2D eigenvalue weighted by Gasteiger charge is -2.00. The minimum atomic E-state index is -0.0744. The van der Waals surface area contributed by atoms with Gasteiger partial charge in [0.2, 0.25) is 0 Å². The number of carbonyl (C=O) groups excluding carboxylic acids is 1. The molecule has 3 nitrogen and oxygen atoms in total. The van der Waals surface area contributed by atoms with E-state index in [1.165, 1.54) is 16.2 Å². The second-order valence-electron chi connectivity index (χ2n) is 3.38. The molecule has 0 atom stereocenters. The average Bonchev–Trinajstić information content (AvgIpc) is 2.89. The number of rotatable bonds is 4. The van der Waals surface area contributed by atoms with Gasteiger partial charge < -0.3 is 5.32 Å². The molecule has 0 spiro atoms. The summed E-state index contributed by atoms with van der Waals surface area (Å²) in [5.74, 6) is -0.0744. The van der Waals surface area contributed by atoms with Crippen molar-refractivity contribution in [1.29, 1.82) is 0 Å². The topological polar surface area (TPSA) is 42.0 Å². The second kappa shape index (κ2) is 5.23. The maximum absolute atomic E-state index is 11.6. The van der Waals surface area contributed by atoms with E-state index in [0.717, 1.165) is 12.1 Å². The molecule has 0 aliphatic heterocycles. The summed E-state index contributed by atoms with van der Waals surface area (Å²) in [4.78, 5) is 17.0. The molecule has 1 N–H and O–H groups in total. The first kappa shape index (κ1) is 11.3. The molecule has 2 heterocycles. The molecule has 0 aliphatic carbocycles. The first-order chi connectivity index (χ1) is 7.75. The number of thiazole rings is 1. The quantitative estimate of drug-likeness (QED) is 0.908. The van der Waals surface area contributed by atoms with Gasteiger partial charge in [-0.05, 0) is 24.8 Å². The van der Waals surface area contributed by atoms with E-state index in [-0.39, 0.29) is 5.91 Å². The Bertz CT molecular complexity index is 462. The Balaban J connectivity index is 1.80. The SMILES string of the molecule is Cc1csc(C(=O)NCCc2cccs2)n1. The van der Waals surface area contributed by atoms with E-state index in [1.54, 1.807) is 11.3 Å². The Hall–Kier alpha value is -1.20. The Morgan fingerprint density at radius 1 is 1.50 bits per heavy atom. The summed E-state index contributed by atoms with van der Waals surface area (Å²) < 4.78 is 0. The van der Waals surface area contributed by atoms with Gasteiger partial charge in [0.25, 0.3) is 5.91 Å². The molecule has 2 aromatic heterocycles. The van der Waals surface area contributed by atoms with Crippen LogP contribution in [0, 0.1) is 6.92 Å². The van der Waals surface area contributed by atoms with E-state index >= 15 is 0 Å². The zero-order valence-corrected chi connectivity index (χ0v) is 10.5. The van der Waals surface area contributed by atoms with Gasteiger partial charge >= 0.3 is 0 Å². The van der Waals surface area contributed by atoms with Gasteiger partial charge in [-0.25, -0.2) is 4.98 Å². The Morgan fingerprint density at radius 3 is 3.00 bits per heavy atom. The number of hydrogen-bond donors (Lipinski definition) is 1. The maximum Gasteiger partial charge on any atom is 0.280 e. The van der Waals surface area contributed by atoms with Crippen molar-refractivity contribution in [3.05, 3.63) is 38.5 Å². The molecule has 0 aliphatic rings. The lowest BCUT2D eigenvalue weighted by molar-refractivity contribution is 0.0953. The minimum Gasteiger partial charge on any atom is -0.350 e. The minimum absolute atomic E-state index is 0.0744. The lowest BCUT2D eigenvalue weighted by atomic mass is 10.3. The van der Waals surface area contributed by atoms with Gasteiger partial charge in [-0.15, -0.1) is 22.7 Å². The van der Waals surface area contributed by atoms with Gasteiger partial charge in [-0.3, -0.25) is 4.79 Å². The summed E-state index contributed by atoms with van der Waals surface area (Å²) in [7, 11) is 0. The highest BCUT2D eigenvalue weighted by molar-refractivity contribution is 7.11. The van der Waals surface area contributed by atoms with Crippen molar-refractivity contribution in [2.45, 2.75) is 13.3 Å². The third-order valence-corrected chi connectivity index (χ3v) is 3.95. The van der Waals surface area contributed by atoms with Crippen LogP contribution in [0.1, 0.15) is 20.4 Å². The largest absolute Gasteiger partial charge is 0.350 e. The van der Waals surface area contributed by atoms with Crippen LogP contribution in [0.15, 0.2) is 22.9 Å². The third kappa shape index (κ3) is 2.90. The molecule has 5 heteroatoms. The number of nitrogens with zero attached hydrogens (tertiary/aromatic N) is 1. The van der Waals surface area contributed by atoms with Crippen LogP contribution in [0.3, 0.4) is 0 Å². The molecule has 16 heavy (non-hydrogen) atoms. The van der Waals surface area contributed by atoms with Crippen LogP contribution in [0.2, 0.25) is 0 Å². The Labute approximate surface area is 102 Å². The van der Waals surface area contributed by atoms with Crippen molar-refractivity contribution in [1.82, 2.24) is 10.3 Å². The van der Waals surface area contributed by atoms with Gasteiger partial charge in [-0.1, -0.05) is 6.07 Å². The molecular formula is C11H12N2OS2. The smallest absolute Gasteiger partial charge is 0.280 e. The predicted octanol–water partition coefficient (Wildman–Crippen LogP) is 2.49. The number of aromatic nitrogens is 1. The first-order valence-corrected chi connectivity index (χ1v) is 6.74. The van der Waals surface area contributed by atoms with E-state index in [4.69, 9.17) is 0 Å². The average molecular weight is 252 g/mol. The van der Waals surface area contributed by atoms with E-state index in [9.17, 15) is 4.79 Å². The van der Waals surface area contributed by atoms with Crippen LogP contribution in [0.25, 0.3) is 0 Å². The molecule has 84 valence electrons. The normalized spacial score (nSPS) is 10.3. The molecular weight excluding hydrogens is 240 g/mol. The van der Waals surface area contributed by atoms with Gasteiger partial charge in [0.05, 0.1) is 0 Å². The van der Waals surface area contributed by atoms with Crippen LogP contribution in [0.5, 0.6) is 0 Å². The van der Waals surface area contributed by atoms with Crippen LogP contribution in [-0.4, -0.2) is 17.4 Å². The first-order valence-electron chi connectivity index (χ1n) is 4.98. The maximum atomic E-state index is 11.6. The zero-order valence-electron chi connectivity index (χ0n) is 8.90. The van der Waals surface area contributed by atoms with Gasteiger partial charge in [0.1, 0.15) is 0 Å². The number of amides is 1. The molecule has 0 radical (unpaired) electrons. The second-order valence-corrected chi connectivity index (χ2v) is 5.27. The third-order valence-electron chi connectivity index (χ3n) is 2.05. The van der Waals surface area contributed by atoms with Crippen molar-refractivity contribution < 1.29 is 4.79 Å². The van der Waals surface area contributed by atoms with Crippen molar-refractivity contribution in [3.63, 3.8) is 0 Å². The summed E-state index contributed by atoms with van der Waals surface area (Å²) in [6, 6.07) is 4.09. The molecule has 1 amide bonds. The van der Waals surface area contributed by atoms with Crippen LogP contribution in [-0.2, 0) is 6.42 Å². The molecule has 2 rings (SSSR count). The standard InChI is InChI=1S/C11H12N2OS2/c1-8-7-16-11(13-8)10(14)12-5-4-9-3-2-6-15-9/h2-3,6-7H,4-5H2,1H3,(H,12,14). The van der Waals surface area contributed by atoms with Crippen molar-refractivity contribution in [3.8, 4) is 0 Å². The molecule has 0 saturated carbocycles. The fraction of sp³-hybridized carbons (Fsp3) is 0.273. The Kier molecular flexibility index (Phi) is 3.69. The predicted molar refractivity (Wildman–Crippen MR) is 67.2 cm³/mol. The highest BCUT2D eigenvalue weighted by Crippen LogP contribution is 2.10. The van der Waals surface area contributed by atoms with Crippen LogP contribution in [0.4, 0.5) is 0 Å². The summed E-state index contributed by atoms with van der Waals surface area (Å²) >= 11 is 3.10. The molecule has 0 bridgehead atoms. The van der Waals surface area contributed by atoms with Crippen molar-refractivity contribution in [2.24, 2.45) is 0 Å². The van der Waals surface area contributed by atoms with Gasteiger partial charge in [-0.2, -0.15) is 0 Å².